The largest absolute Gasteiger partial charge is 0.486 e. The van der Waals surface area contributed by atoms with E-state index in [2.05, 4.69) is 5.32 Å². The minimum atomic E-state index is -0.406. The fraction of sp³-hybridized carbons (Fsp3) is 0.250. The zero-order valence-corrected chi connectivity index (χ0v) is 11.9. The molecule has 0 bridgehead atoms. The SMILES string of the molecule is CNCc1ccc(OCCc2ccccc2)c([N+](=O)[O-])c1. The maximum atomic E-state index is 11.1. The highest BCUT2D eigenvalue weighted by Gasteiger charge is 2.15. The standard InChI is InChI=1S/C16H18N2O3/c1-17-12-14-7-8-16(15(11-14)18(19)20)21-10-9-13-5-3-2-4-6-13/h2-8,11,17H,9-10,12H2,1H3. The van der Waals surface area contributed by atoms with E-state index in [0.717, 1.165) is 17.5 Å². The highest BCUT2D eigenvalue weighted by Crippen LogP contribution is 2.28. The Bertz CT molecular complexity index is 600. The molecule has 0 heterocycles. The van der Waals surface area contributed by atoms with Gasteiger partial charge in [-0.3, -0.25) is 10.1 Å². The minimum Gasteiger partial charge on any atom is -0.486 e. The lowest BCUT2D eigenvalue weighted by atomic mass is 10.1. The molecule has 5 heteroatoms. The molecule has 0 saturated heterocycles. The van der Waals surface area contributed by atoms with Crippen LogP contribution in [0.1, 0.15) is 11.1 Å². The summed E-state index contributed by atoms with van der Waals surface area (Å²) in [6.07, 6.45) is 0.719. The van der Waals surface area contributed by atoms with Crippen LogP contribution in [0.5, 0.6) is 5.75 Å². The number of hydrogen-bond donors (Lipinski definition) is 1. The number of rotatable bonds is 7. The van der Waals surface area contributed by atoms with Crippen molar-refractivity contribution >= 4 is 5.69 Å². The van der Waals surface area contributed by atoms with Gasteiger partial charge in [-0.15, -0.1) is 0 Å². The van der Waals surface area contributed by atoms with Crippen LogP contribution in [0.3, 0.4) is 0 Å². The number of benzene rings is 2. The first-order valence-electron chi connectivity index (χ1n) is 6.79. The summed E-state index contributed by atoms with van der Waals surface area (Å²) >= 11 is 0. The fourth-order valence-electron chi connectivity index (χ4n) is 2.07. The van der Waals surface area contributed by atoms with Crippen LogP contribution in [-0.4, -0.2) is 18.6 Å². The number of nitro groups is 1. The fourth-order valence-corrected chi connectivity index (χ4v) is 2.07. The Morgan fingerprint density at radius 3 is 2.57 bits per heavy atom. The van der Waals surface area contributed by atoms with E-state index in [1.165, 1.54) is 0 Å². The quantitative estimate of drug-likeness (QED) is 0.628. The third kappa shape index (κ3) is 4.29. The van der Waals surface area contributed by atoms with Crippen molar-refractivity contribution in [1.82, 2.24) is 5.32 Å². The lowest BCUT2D eigenvalue weighted by Crippen LogP contribution is -2.07. The second-order valence-corrected chi connectivity index (χ2v) is 4.67. The van der Waals surface area contributed by atoms with E-state index >= 15 is 0 Å². The van der Waals surface area contributed by atoms with Gasteiger partial charge in [-0.05, 0) is 24.2 Å². The first kappa shape index (κ1) is 15.0. The second-order valence-electron chi connectivity index (χ2n) is 4.67. The molecular weight excluding hydrogens is 268 g/mol. The Morgan fingerprint density at radius 1 is 1.14 bits per heavy atom. The van der Waals surface area contributed by atoms with Crippen LogP contribution in [0.4, 0.5) is 5.69 Å². The highest BCUT2D eigenvalue weighted by molar-refractivity contribution is 5.48. The van der Waals surface area contributed by atoms with Crippen LogP contribution in [0.15, 0.2) is 48.5 Å². The Hall–Kier alpha value is -2.40. The molecule has 0 aliphatic rings. The van der Waals surface area contributed by atoms with Crippen LogP contribution < -0.4 is 10.1 Å². The summed E-state index contributed by atoms with van der Waals surface area (Å²) < 4.78 is 5.57. The molecule has 0 radical (unpaired) electrons. The summed E-state index contributed by atoms with van der Waals surface area (Å²) in [7, 11) is 1.80. The maximum absolute atomic E-state index is 11.1. The molecule has 0 unspecified atom stereocenters. The first-order valence-corrected chi connectivity index (χ1v) is 6.79. The molecule has 0 fully saturated rings. The zero-order valence-electron chi connectivity index (χ0n) is 11.9. The van der Waals surface area contributed by atoms with Crippen LogP contribution in [0, 0.1) is 10.1 Å². The lowest BCUT2D eigenvalue weighted by molar-refractivity contribution is -0.385. The summed E-state index contributed by atoms with van der Waals surface area (Å²) in [4.78, 5) is 10.7. The molecule has 5 nitrogen and oxygen atoms in total. The van der Waals surface area contributed by atoms with Gasteiger partial charge in [0.1, 0.15) is 0 Å². The smallest absolute Gasteiger partial charge is 0.311 e. The molecule has 21 heavy (non-hydrogen) atoms. The Kier molecular flexibility index (Phi) is 5.29. The number of ether oxygens (including phenoxy) is 1. The van der Waals surface area contributed by atoms with E-state index in [4.69, 9.17) is 4.74 Å². The molecule has 2 aromatic rings. The second kappa shape index (κ2) is 7.40. The lowest BCUT2D eigenvalue weighted by Gasteiger charge is -2.08. The van der Waals surface area contributed by atoms with Crippen LogP contribution in [-0.2, 0) is 13.0 Å². The zero-order chi connectivity index (χ0) is 15.1. The first-order chi connectivity index (χ1) is 10.2. The van der Waals surface area contributed by atoms with Crippen LogP contribution in [0.2, 0.25) is 0 Å². The third-order valence-corrected chi connectivity index (χ3v) is 3.09. The van der Waals surface area contributed by atoms with Crippen molar-refractivity contribution in [2.75, 3.05) is 13.7 Å². The van der Waals surface area contributed by atoms with Gasteiger partial charge < -0.3 is 10.1 Å². The highest BCUT2D eigenvalue weighted by atomic mass is 16.6. The molecule has 1 N–H and O–H groups in total. The van der Waals surface area contributed by atoms with Gasteiger partial charge in [0.25, 0.3) is 0 Å². The van der Waals surface area contributed by atoms with Gasteiger partial charge in [-0.2, -0.15) is 0 Å². The van der Waals surface area contributed by atoms with Crippen LogP contribution >= 0.6 is 0 Å². The molecular formula is C16H18N2O3. The van der Waals surface area contributed by atoms with Crippen molar-refractivity contribution in [3.63, 3.8) is 0 Å². The summed E-state index contributed by atoms with van der Waals surface area (Å²) in [6, 6.07) is 14.9. The van der Waals surface area contributed by atoms with E-state index in [1.54, 1.807) is 19.2 Å². The molecule has 2 rings (SSSR count). The van der Waals surface area contributed by atoms with E-state index < -0.39 is 4.92 Å². The number of nitrogens with zero attached hydrogens (tertiary/aromatic N) is 1. The van der Waals surface area contributed by atoms with Crippen molar-refractivity contribution in [3.8, 4) is 5.75 Å². The van der Waals surface area contributed by atoms with Crippen molar-refractivity contribution in [3.05, 3.63) is 69.8 Å². The third-order valence-electron chi connectivity index (χ3n) is 3.09. The average Bonchev–Trinajstić information content (AvgIpc) is 2.49. The van der Waals surface area contributed by atoms with Crippen molar-refractivity contribution < 1.29 is 9.66 Å². The molecule has 0 saturated carbocycles. The van der Waals surface area contributed by atoms with E-state index in [1.807, 2.05) is 36.4 Å². The van der Waals surface area contributed by atoms with E-state index in [9.17, 15) is 10.1 Å². The van der Waals surface area contributed by atoms with E-state index in [-0.39, 0.29) is 5.69 Å². The number of nitro benzene ring substituents is 1. The van der Waals surface area contributed by atoms with Crippen molar-refractivity contribution in [1.29, 1.82) is 0 Å². The average molecular weight is 286 g/mol. The Balaban J connectivity index is 2.03. The van der Waals surface area contributed by atoms with Gasteiger partial charge in [0.15, 0.2) is 5.75 Å². The Morgan fingerprint density at radius 2 is 1.90 bits per heavy atom. The normalized spacial score (nSPS) is 10.3. The van der Waals surface area contributed by atoms with Crippen molar-refractivity contribution in [2.45, 2.75) is 13.0 Å². The molecule has 2 aromatic carbocycles. The number of nitrogens with one attached hydrogen (secondary N) is 1. The molecule has 0 atom stereocenters. The molecule has 0 aliphatic heterocycles. The topological polar surface area (TPSA) is 64.4 Å². The Labute approximate surface area is 123 Å². The minimum absolute atomic E-state index is 0.0100. The monoisotopic (exact) mass is 286 g/mol. The van der Waals surface area contributed by atoms with E-state index in [0.29, 0.717) is 18.9 Å². The van der Waals surface area contributed by atoms with Gasteiger partial charge in [0, 0.05) is 19.0 Å². The van der Waals surface area contributed by atoms with Gasteiger partial charge in [-0.25, -0.2) is 0 Å². The molecule has 0 aliphatic carbocycles. The summed E-state index contributed by atoms with van der Waals surface area (Å²) in [5.41, 5.74) is 2.02. The van der Waals surface area contributed by atoms with Gasteiger partial charge >= 0.3 is 5.69 Å². The summed E-state index contributed by atoms with van der Waals surface area (Å²) in [6.45, 7) is 1.00. The summed E-state index contributed by atoms with van der Waals surface area (Å²) in [5, 5.41) is 14.1. The molecule has 0 aromatic heterocycles. The molecule has 110 valence electrons. The molecule has 0 spiro atoms. The molecule has 0 amide bonds. The maximum Gasteiger partial charge on any atom is 0.311 e. The van der Waals surface area contributed by atoms with Crippen LogP contribution in [0.25, 0.3) is 0 Å². The van der Waals surface area contributed by atoms with Crippen molar-refractivity contribution in [2.24, 2.45) is 0 Å². The van der Waals surface area contributed by atoms with Gasteiger partial charge in [0.2, 0.25) is 0 Å². The predicted molar refractivity (Wildman–Crippen MR) is 81.5 cm³/mol. The number of hydrogen-bond acceptors (Lipinski definition) is 4. The van der Waals surface area contributed by atoms with Gasteiger partial charge in [0.05, 0.1) is 11.5 Å². The predicted octanol–water partition coefficient (Wildman–Crippen LogP) is 2.94. The van der Waals surface area contributed by atoms with Gasteiger partial charge in [-0.1, -0.05) is 36.4 Å². The summed E-state index contributed by atoms with van der Waals surface area (Å²) in [5.74, 6) is 0.316.